The molecule has 0 aliphatic heterocycles. The molecule has 0 unspecified atom stereocenters. The van der Waals surface area contributed by atoms with Gasteiger partial charge in [-0.1, -0.05) is 11.3 Å². The van der Waals surface area contributed by atoms with Gasteiger partial charge in [-0.25, -0.2) is 9.78 Å². The zero-order valence-corrected chi connectivity index (χ0v) is 12.0. The van der Waals surface area contributed by atoms with Crippen LogP contribution >= 0.6 is 11.3 Å². The predicted octanol–water partition coefficient (Wildman–Crippen LogP) is 2.38. The number of rotatable bonds is 6. The van der Waals surface area contributed by atoms with E-state index < -0.39 is 5.97 Å². The smallest absolute Gasteiger partial charge is 0.358 e. The summed E-state index contributed by atoms with van der Waals surface area (Å²) in [4.78, 5) is 27.4. The lowest BCUT2D eigenvalue weighted by molar-refractivity contribution is 0.0591. The third-order valence-corrected chi connectivity index (χ3v) is 3.67. The van der Waals surface area contributed by atoms with Crippen molar-refractivity contribution in [2.75, 3.05) is 19.0 Å². The van der Waals surface area contributed by atoms with Gasteiger partial charge >= 0.3 is 5.97 Å². The van der Waals surface area contributed by atoms with Crippen molar-refractivity contribution >= 4 is 28.2 Å². The van der Waals surface area contributed by atoms with Crippen LogP contribution in [0.25, 0.3) is 0 Å². The van der Waals surface area contributed by atoms with Crippen molar-refractivity contribution in [3.8, 4) is 0 Å². The van der Waals surface area contributed by atoms with E-state index in [1.54, 1.807) is 6.26 Å². The van der Waals surface area contributed by atoms with Gasteiger partial charge in [-0.3, -0.25) is 4.79 Å². The molecule has 0 bridgehead atoms. The summed E-state index contributed by atoms with van der Waals surface area (Å²) in [6, 6.07) is 3.70. The number of nitrogens with one attached hydrogen (secondary N) is 1. The summed E-state index contributed by atoms with van der Waals surface area (Å²) in [5, 5.41) is 3.58. The molecule has 2 rings (SSSR count). The minimum absolute atomic E-state index is 0.0606. The molecule has 0 aliphatic rings. The number of furan rings is 1. The maximum Gasteiger partial charge on any atom is 0.358 e. The Balaban J connectivity index is 2.04. The molecule has 0 radical (unpaired) electrons. The molecule has 0 atom stereocenters. The van der Waals surface area contributed by atoms with Crippen LogP contribution in [0.3, 0.4) is 0 Å². The van der Waals surface area contributed by atoms with Crippen LogP contribution in [-0.2, 0) is 11.2 Å². The maximum absolute atomic E-state index is 11.5. The lowest BCUT2D eigenvalue weighted by Gasteiger charge is -1.99. The third kappa shape index (κ3) is 3.24. The number of Topliss-reactive ketones (excluding diaryl/α,β-unsaturated/α-hetero) is 1. The summed E-state index contributed by atoms with van der Waals surface area (Å²) < 4.78 is 9.82. The van der Waals surface area contributed by atoms with Crippen LogP contribution < -0.4 is 5.32 Å². The number of hydrogen-bond acceptors (Lipinski definition) is 7. The van der Waals surface area contributed by atoms with Crippen LogP contribution in [0.1, 0.15) is 32.8 Å². The van der Waals surface area contributed by atoms with Gasteiger partial charge in [-0.05, 0) is 12.1 Å². The quantitative estimate of drug-likeness (QED) is 0.650. The summed E-state index contributed by atoms with van der Waals surface area (Å²) in [5.74, 6) is 0.0431. The van der Waals surface area contributed by atoms with Crippen molar-refractivity contribution in [1.82, 2.24) is 4.98 Å². The van der Waals surface area contributed by atoms with Crippen molar-refractivity contribution in [3.63, 3.8) is 0 Å². The molecule has 0 aromatic carbocycles. The van der Waals surface area contributed by atoms with Crippen molar-refractivity contribution in [1.29, 1.82) is 0 Å². The summed E-state index contributed by atoms with van der Waals surface area (Å²) in [6.07, 6.45) is 2.30. The Morgan fingerprint density at radius 2 is 2.30 bits per heavy atom. The van der Waals surface area contributed by atoms with Gasteiger partial charge < -0.3 is 14.5 Å². The van der Waals surface area contributed by atoms with Crippen LogP contribution in [0.2, 0.25) is 0 Å². The van der Waals surface area contributed by atoms with E-state index in [0.29, 0.717) is 23.0 Å². The second-order valence-corrected chi connectivity index (χ2v) is 5.00. The van der Waals surface area contributed by atoms with Gasteiger partial charge in [-0.2, -0.15) is 0 Å². The fourth-order valence-corrected chi connectivity index (χ4v) is 2.49. The highest BCUT2D eigenvalue weighted by Crippen LogP contribution is 2.24. The van der Waals surface area contributed by atoms with Gasteiger partial charge in [0.15, 0.2) is 16.6 Å². The standard InChI is InChI=1S/C13H14N2O4S/c1-8(16)11-10(12(17)18-2)15-13(20-11)14-6-5-9-4-3-7-19-9/h3-4,7H,5-6H2,1-2H3,(H,14,15). The van der Waals surface area contributed by atoms with Crippen molar-refractivity contribution in [2.24, 2.45) is 0 Å². The molecular weight excluding hydrogens is 280 g/mol. The molecule has 7 heteroatoms. The number of ether oxygens (including phenoxy) is 1. The van der Waals surface area contributed by atoms with Gasteiger partial charge in [0.25, 0.3) is 0 Å². The topological polar surface area (TPSA) is 81.4 Å². The van der Waals surface area contributed by atoms with E-state index in [1.807, 2.05) is 12.1 Å². The molecule has 2 heterocycles. The first-order valence-corrected chi connectivity index (χ1v) is 6.79. The normalized spacial score (nSPS) is 10.3. The second-order valence-electron chi connectivity index (χ2n) is 4.00. The molecule has 6 nitrogen and oxygen atoms in total. The zero-order chi connectivity index (χ0) is 14.5. The number of ketones is 1. The van der Waals surface area contributed by atoms with E-state index in [4.69, 9.17) is 4.42 Å². The fourth-order valence-electron chi connectivity index (χ4n) is 1.62. The Morgan fingerprint density at radius 1 is 1.50 bits per heavy atom. The predicted molar refractivity (Wildman–Crippen MR) is 74.4 cm³/mol. The van der Waals surface area contributed by atoms with Crippen molar-refractivity contribution in [2.45, 2.75) is 13.3 Å². The number of esters is 1. The zero-order valence-electron chi connectivity index (χ0n) is 11.1. The van der Waals surface area contributed by atoms with Crippen molar-refractivity contribution in [3.05, 3.63) is 34.7 Å². The third-order valence-electron chi connectivity index (χ3n) is 2.55. The first-order chi connectivity index (χ1) is 9.61. The van der Waals surface area contributed by atoms with Crippen LogP contribution in [0.4, 0.5) is 5.13 Å². The van der Waals surface area contributed by atoms with Gasteiger partial charge in [0.05, 0.1) is 13.4 Å². The Kier molecular flexibility index (Phi) is 4.52. The lowest BCUT2D eigenvalue weighted by atomic mass is 10.3. The van der Waals surface area contributed by atoms with E-state index in [1.165, 1.54) is 14.0 Å². The van der Waals surface area contributed by atoms with Crippen LogP contribution in [0.15, 0.2) is 22.8 Å². The summed E-state index contributed by atoms with van der Waals surface area (Å²) in [6.45, 7) is 1.99. The summed E-state index contributed by atoms with van der Waals surface area (Å²) in [5.41, 5.74) is 0.0606. The Hall–Kier alpha value is -2.15. The molecule has 0 spiro atoms. The minimum atomic E-state index is -0.606. The monoisotopic (exact) mass is 294 g/mol. The van der Waals surface area contributed by atoms with Crippen LogP contribution in [0.5, 0.6) is 0 Å². The number of methoxy groups -OCH3 is 1. The van der Waals surface area contributed by atoms with E-state index >= 15 is 0 Å². The largest absolute Gasteiger partial charge is 0.469 e. The Bertz CT molecular complexity index is 604. The number of thiazole rings is 1. The molecular formula is C13H14N2O4S. The number of carbonyl (C=O) groups excluding carboxylic acids is 2. The van der Waals surface area contributed by atoms with Gasteiger partial charge in [0.2, 0.25) is 0 Å². The van der Waals surface area contributed by atoms with Crippen LogP contribution in [0, 0.1) is 0 Å². The molecule has 0 aliphatic carbocycles. The number of nitrogens with zero attached hydrogens (tertiary/aromatic N) is 1. The molecule has 2 aromatic heterocycles. The molecule has 0 saturated carbocycles. The van der Waals surface area contributed by atoms with Gasteiger partial charge in [-0.15, -0.1) is 0 Å². The molecule has 0 fully saturated rings. The number of carbonyl (C=O) groups is 2. The summed E-state index contributed by atoms with van der Waals surface area (Å²) >= 11 is 1.15. The van der Waals surface area contributed by atoms with Gasteiger partial charge in [0, 0.05) is 19.9 Å². The molecule has 20 heavy (non-hydrogen) atoms. The number of hydrogen-bond donors (Lipinski definition) is 1. The highest BCUT2D eigenvalue weighted by atomic mass is 32.1. The van der Waals surface area contributed by atoms with Crippen LogP contribution in [-0.4, -0.2) is 30.4 Å². The highest BCUT2D eigenvalue weighted by Gasteiger charge is 2.21. The molecule has 0 amide bonds. The van der Waals surface area contributed by atoms with E-state index in [2.05, 4.69) is 15.0 Å². The molecule has 0 saturated heterocycles. The Labute approximate surface area is 119 Å². The van der Waals surface area contributed by atoms with Gasteiger partial charge in [0.1, 0.15) is 10.6 Å². The first kappa shape index (κ1) is 14.3. The number of aromatic nitrogens is 1. The minimum Gasteiger partial charge on any atom is -0.469 e. The number of anilines is 1. The Morgan fingerprint density at radius 3 is 2.90 bits per heavy atom. The van der Waals surface area contributed by atoms with E-state index in [9.17, 15) is 9.59 Å². The van der Waals surface area contributed by atoms with Crippen molar-refractivity contribution < 1.29 is 18.7 Å². The fraction of sp³-hybridized carbons (Fsp3) is 0.308. The summed E-state index contributed by atoms with van der Waals surface area (Å²) in [7, 11) is 1.26. The maximum atomic E-state index is 11.5. The van der Waals surface area contributed by atoms with E-state index in [-0.39, 0.29) is 11.5 Å². The molecule has 1 N–H and O–H groups in total. The average molecular weight is 294 g/mol. The average Bonchev–Trinajstić information content (AvgIpc) is 3.07. The lowest BCUT2D eigenvalue weighted by Crippen LogP contribution is -2.08. The molecule has 106 valence electrons. The first-order valence-electron chi connectivity index (χ1n) is 5.98. The van der Waals surface area contributed by atoms with E-state index in [0.717, 1.165) is 17.1 Å². The molecule has 2 aromatic rings. The highest BCUT2D eigenvalue weighted by molar-refractivity contribution is 7.17. The second kappa shape index (κ2) is 6.33. The SMILES string of the molecule is COC(=O)c1nc(NCCc2ccco2)sc1C(C)=O.